The molecule has 106 valence electrons. The molecule has 0 saturated heterocycles. The van der Waals surface area contributed by atoms with Crippen LogP contribution in [0.4, 0.5) is 4.39 Å². The third-order valence-electron chi connectivity index (χ3n) is 2.67. The molecule has 0 atom stereocenters. The summed E-state index contributed by atoms with van der Waals surface area (Å²) >= 11 is 5.72. The molecule has 0 aliphatic heterocycles. The molecule has 0 fully saturated rings. The van der Waals surface area contributed by atoms with E-state index in [1.165, 1.54) is 16.9 Å². The first-order valence-corrected chi connectivity index (χ1v) is 6.23. The molecule has 0 spiro atoms. The van der Waals surface area contributed by atoms with Crippen molar-refractivity contribution in [1.29, 1.82) is 0 Å². The minimum absolute atomic E-state index is 0.0221. The molecule has 1 aromatic heterocycles. The number of fused-ring (bicyclic) bond motifs is 1. The summed E-state index contributed by atoms with van der Waals surface area (Å²) in [5.74, 6) is -2.14. The van der Waals surface area contributed by atoms with E-state index in [2.05, 4.69) is 5.43 Å². The standard InChI is InChI=1S/C13H12ClFN2O3/c1-6(2)16-17-5-8(13(19)20)12(18)7-3-10(15)9(14)4-11(7)17/h3-6,16H,1-2H3,(H,19,20). The molecule has 20 heavy (non-hydrogen) atoms. The Hall–Kier alpha value is -2.08. The van der Waals surface area contributed by atoms with Gasteiger partial charge in [0, 0.05) is 12.2 Å². The number of pyridine rings is 1. The molecular weight excluding hydrogens is 287 g/mol. The molecule has 2 N–H and O–H groups in total. The first-order valence-electron chi connectivity index (χ1n) is 5.85. The van der Waals surface area contributed by atoms with Gasteiger partial charge in [0.2, 0.25) is 5.43 Å². The molecule has 2 rings (SSSR count). The molecule has 0 aliphatic rings. The monoisotopic (exact) mass is 298 g/mol. The largest absolute Gasteiger partial charge is 0.477 e. The van der Waals surface area contributed by atoms with Gasteiger partial charge in [-0.15, -0.1) is 0 Å². The number of hydrogen-bond acceptors (Lipinski definition) is 3. The zero-order chi connectivity index (χ0) is 15.0. The van der Waals surface area contributed by atoms with Crippen molar-refractivity contribution in [1.82, 2.24) is 4.68 Å². The average Bonchev–Trinajstić information content (AvgIpc) is 2.34. The lowest BCUT2D eigenvalue weighted by molar-refractivity contribution is 0.0695. The van der Waals surface area contributed by atoms with E-state index in [9.17, 15) is 14.0 Å². The van der Waals surface area contributed by atoms with Gasteiger partial charge >= 0.3 is 5.97 Å². The zero-order valence-electron chi connectivity index (χ0n) is 10.8. The van der Waals surface area contributed by atoms with E-state index in [0.717, 1.165) is 6.07 Å². The summed E-state index contributed by atoms with van der Waals surface area (Å²) in [6.07, 6.45) is 1.17. The maximum atomic E-state index is 13.5. The molecule has 2 aromatic rings. The number of carboxylic acid groups (broad SMARTS) is 1. The van der Waals surface area contributed by atoms with Crippen molar-refractivity contribution in [3.63, 3.8) is 0 Å². The van der Waals surface area contributed by atoms with Gasteiger partial charge < -0.3 is 10.5 Å². The summed E-state index contributed by atoms with van der Waals surface area (Å²) in [6, 6.07) is 2.21. The van der Waals surface area contributed by atoms with Crippen molar-refractivity contribution in [2.24, 2.45) is 0 Å². The van der Waals surface area contributed by atoms with E-state index in [-0.39, 0.29) is 16.5 Å². The number of nitrogens with zero attached hydrogens (tertiary/aromatic N) is 1. The second-order valence-corrected chi connectivity index (χ2v) is 5.02. The van der Waals surface area contributed by atoms with Crippen LogP contribution in [-0.4, -0.2) is 21.8 Å². The molecule has 0 radical (unpaired) electrons. The predicted molar refractivity (Wildman–Crippen MR) is 74.6 cm³/mol. The highest BCUT2D eigenvalue weighted by molar-refractivity contribution is 6.31. The summed E-state index contributed by atoms with van der Waals surface area (Å²) in [6.45, 7) is 3.69. The van der Waals surface area contributed by atoms with Crippen LogP contribution in [0, 0.1) is 5.82 Å². The number of carboxylic acids is 1. The van der Waals surface area contributed by atoms with Crippen LogP contribution in [0.15, 0.2) is 23.1 Å². The average molecular weight is 299 g/mol. The lowest BCUT2D eigenvalue weighted by atomic mass is 10.1. The molecule has 0 aliphatic carbocycles. The molecule has 1 heterocycles. The first-order chi connectivity index (χ1) is 9.31. The van der Waals surface area contributed by atoms with Gasteiger partial charge in [-0.1, -0.05) is 11.6 Å². The fourth-order valence-corrected chi connectivity index (χ4v) is 2.02. The second kappa shape index (κ2) is 5.13. The van der Waals surface area contributed by atoms with Crippen molar-refractivity contribution >= 4 is 28.5 Å². The Morgan fingerprint density at radius 1 is 1.45 bits per heavy atom. The number of hydrogen-bond donors (Lipinski definition) is 2. The van der Waals surface area contributed by atoms with Gasteiger partial charge in [-0.05, 0) is 26.0 Å². The lowest BCUT2D eigenvalue weighted by Gasteiger charge is -2.17. The Morgan fingerprint density at radius 2 is 2.10 bits per heavy atom. The Balaban J connectivity index is 2.89. The van der Waals surface area contributed by atoms with Crippen LogP contribution in [-0.2, 0) is 0 Å². The van der Waals surface area contributed by atoms with Gasteiger partial charge in [0.1, 0.15) is 11.4 Å². The van der Waals surface area contributed by atoms with E-state index in [1.54, 1.807) is 0 Å². The van der Waals surface area contributed by atoms with E-state index in [4.69, 9.17) is 16.7 Å². The van der Waals surface area contributed by atoms with E-state index in [0.29, 0.717) is 5.52 Å². The molecular formula is C13H12ClFN2O3. The highest BCUT2D eigenvalue weighted by atomic mass is 35.5. The van der Waals surface area contributed by atoms with Crippen LogP contribution >= 0.6 is 11.6 Å². The number of nitrogens with one attached hydrogen (secondary N) is 1. The van der Waals surface area contributed by atoms with Crippen LogP contribution in [0.2, 0.25) is 5.02 Å². The lowest BCUT2D eigenvalue weighted by Crippen LogP contribution is -2.27. The number of aromatic carboxylic acids is 1. The second-order valence-electron chi connectivity index (χ2n) is 4.61. The highest BCUT2D eigenvalue weighted by Crippen LogP contribution is 2.21. The topological polar surface area (TPSA) is 71.3 Å². The van der Waals surface area contributed by atoms with Crippen molar-refractivity contribution < 1.29 is 14.3 Å². The fourth-order valence-electron chi connectivity index (χ4n) is 1.86. The summed E-state index contributed by atoms with van der Waals surface area (Å²) in [5, 5.41) is 8.87. The predicted octanol–water partition coefficient (Wildman–Crippen LogP) is 2.44. The highest BCUT2D eigenvalue weighted by Gasteiger charge is 2.16. The van der Waals surface area contributed by atoms with Crippen molar-refractivity contribution in [2.45, 2.75) is 19.9 Å². The number of rotatable bonds is 3. The first kappa shape index (κ1) is 14.3. The summed E-state index contributed by atoms with van der Waals surface area (Å²) in [7, 11) is 0. The number of halogens is 2. The third kappa shape index (κ3) is 2.46. The zero-order valence-corrected chi connectivity index (χ0v) is 11.5. The summed E-state index contributed by atoms with van der Waals surface area (Å²) < 4.78 is 14.9. The van der Waals surface area contributed by atoms with E-state index in [1.807, 2.05) is 13.8 Å². The summed E-state index contributed by atoms with van der Waals surface area (Å²) in [4.78, 5) is 23.1. The maximum absolute atomic E-state index is 13.5. The van der Waals surface area contributed by atoms with E-state index >= 15 is 0 Å². The SMILES string of the molecule is CC(C)Nn1cc(C(=O)O)c(=O)c2cc(F)c(Cl)cc21. The van der Waals surface area contributed by atoms with Crippen LogP contribution in [0.3, 0.4) is 0 Å². The molecule has 7 heteroatoms. The Morgan fingerprint density at radius 3 is 2.65 bits per heavy atom. The van der Waals surface area contributed by atoms with Crippen molar-refractivity contribution in [3.05, 3.63) is 45.0 Å². The maximum Gasteiger partial charge on any atom is 0.341 e. The number of carbonyl (C=O) groups is 1. The number of benzene rings is 1. The van der Waals surface area contributed by atoms with Gasteiger partial charge in [0.25, 0.3) is 0 Å². The summed E-state index contributed by atoms with van der Waals surface area (Å²) in [5.41, 5.74) is 2.09. The molecule has 0 unspecified atom stereocenters. The van der Waals surface area contributed by atoms with Gasteiger partial charge in [0.05, 0.1) is 15.9 Å². The fraction of sp³-hybridized carbons (Fsp3) is 0.231. The Labute approximate surface area is 118 Å². The molecule has 0 saturated carbocycles. The van der Waals surface area contributed by atoms with Crippen LogP contribution in [0.5, 0.6) is 0 Å². The minimum atomic E-state index is -1.37. The van der Waals surface area contributed by atoms with Gasteiger partial charge in [0.15, 0.2) is 0 Å². The Bertz CT molecular complexity index is 755. The van der Waals surface area contributed by atoms with E-state index < -0.39 is 22.8 Å². The minimum Gasteiger partial charge on any atom is -0.477 e. The smallest absolute Gasteiger partial charge is 0.341 e. The molecule has 0 bridgehead atoms. The van der Waals surface area contributed by atoms with Gasteiger partial charge in [-0.3, -0.25) is 9.47 Å². The molecule has 1 aromatic carbocycles. The van der Waals surface area contributed by atoms with Crippen LogP contribution in [0.1, 0.15) is 24.2 Å². The van der Waals surface area contributed by atoms with Crippen LogP contribution in [0.25, 0.3) is 10.9 Å². The molecule has 0 amide bonds. The number of aromatic nitrogens is 1. The van der Waals surface area contributed by atoms with Crippen molar-refractivity contribution in [2.75, 3.05) is 5.43 Å². The third-order valence-corrected chi connectivity index (χ3v) is 2.96. The Kier molecular flexibility index (Phi) is 3.67. The van der Waals surface area contributed by atoms with Crippen molar-refractivity contribution in [3.8, 4) is 0 Å². The van der Waals surface area contributed by atoms with Gasteiger partial charge in [-0.25, -0.2) is 9.18 Å². The van der Waals surface area contributed by atoms with Gasteiger partial charge in [-0.2, -0.15) is 0 Å². The quantitative estimate of drug-likeness (QED) is 0.913. The van der Waals surface area contributed by atoms with Crippen LogP contribution < -0.4 is 10.9 Å². The molecule has 5 nitrogen and oxygen atoms in total. The normalized spacial score (nSPS) is 11.1.